The molecule has 2 aromatic carbocycles. The van der Waals surface area contributed by atoms with Gasteiger partial charge in [-0.05, 0) is 37.0 Å². The summed E-state index contributed by atoms with van der Waals surface area (Å²) in [5.41, 5.74) is 11.8. The second-order valence-corrected chi connectivity index (χ2v) is 6.33. The first-order valence-electron chi connectivity index (χ1n) is 7.28. The summed E-state index contributed by atoms with van der Waals surface area (Å²) >= 11 is 0. The molecule has 0 heterocycles. The fraction of sp³-hybridized carbons (Fsp3) is 0.368. The highest BCUT2D eigenvalue weighted by Gasteiger charge is 2.28. The van der Waals surface area contributed by atoms with E-state index in [4.69, 9.17) is 5.73 Å². The third-order valence-corrected chi connectivity index (χ3v) is 4.39. The Balaban J connectivity index is 2.23. The van der Waals surface area contributed by atoms with Gasteiger partial charge < -0.3 is 5.73 Å². The fourth-order valence-corrected chi connectivity index (χ4v) is 2.59. The van der Waals surface area contributed by atoms with Crippen molar-refractivity contribution in [3.05, 3.63) is 70.8 Å². The second kappa shape index (κ2) is 5.80. The molecule has 0 bridgehead atoms. The van der Waals surface area contributed by atoms with E-state index in [9.17, 15) is 0 Å². The van der Waals surface area contributed by atoms with Crippen molar-refractivity contribution in [2.45, 2.75) is 45.6 Å². The van der Waals surface area contributed by atoms with Crippen molar-refractivity contribution < 1.29 is 0 Å². The van der Waals surface area contributed by atoms with Crippen LogP contribution in [0, 0.1) is 13.8 Å². The number of aryl methyl sites for hydroxylation is 2. The highest BCUT2D eigenvalue weighted by atomic mass is 14.7. The van der Waals surface area contributed by atoms with E-state index in [1.807, 2.05) is 0 Å². The van der Waals surface area contributed by atoms with Gasteiger partial charge in [-0.15, -0.1) is 0 Å². The zero-order valence-electron chi connectivity index (χ0n) is 13.0. The van der Waals surface area contributed by atoms with Crippen molar-refractivity contribution in [2.24, 2.45) is 5.73 Å². The molecule has 2 rings (SSSR count). The largest absolute Gasteiger partial charge is 0.327 e. The molecule has 1 unspecified atom stereocenters. The average molecular weight is 267 g/mol. The minimum absolute atomic E-state index is 0.0303. The lowest BCUT2D eigenvalue weighted by molar-refractivity contribution is 0.406. The molecule has 1 nitrogen and oxygen atoms in total. The summed E-state index contributed by atoms with van der Waals surface area (Å²) in [5.74, 6) is 0. The van der Waals surface area contributed by atoms with Gasteiger partial charge in [0.25, 0.3) is 0 Å². The molecule has 0 aliphatic heterocycles. The van der Waals surface area contributed by atoms with Gasteiger partial charge in [0, 0.05) is 11.5 Å². The predicted molar refractivity (Wildman–Crippen MR) is 87.1 cm³/mol. The number of nitrogens with two attached hydrogens (primary N) is 1. The summed E-state index contributed by atoms with van der Waals surface area (Å²) < 4.78 is 0. The Kier molecular flexibility index (Phi) is 4.29. The summed E-state index contributed by atoms with van der Waals surface area (Å²) in [7, 11) is 0. The zero-order valence-corrected chi connectivity index (χ0v) is 13.0. The maximum absolute atomic E-state index is 6.53. The molecule has 20 heavy (non-hydrogen) atoms. The average Bonchev–Trinajstić information content (AvgIpc) is 2.43. The third-order valence-electron chi connectivity index (χ3n) is 4.39. The third kappa shape index (κ3) is 3.10. The number of rotatable bonds is 4. The SMILES string of the molecule is Cc1ccc(C)c(CC(N)C(C)(C)c2ccccc2)c1. The molecule has 2 aromatic rings. The molecular weight excluding hydrogens is 242 g/mol. The van der Waals surface area contributed by atoms with E-state index >= 15 is 0 Å². The van der Waals surface area contributed by atoms with Crippen molar-refractivity contribution in [3.63, 3.8) is 0 Å². The molecule has 1 heteroatoms. The van der Waals surface area contributed by atoms with E-state index < -0.39 is 0 Å². The van der Waals surface area contributed by atoms with Crippen LogP contribution in [0.2, 0.25) is 0 Å². The van der Waals surface area contributed by atoms with Gasteiger partial charge in [0.1, 0.15) is 0 Å². The first-order valence-corrected chi connectivity index (χ1v) is 7.28. The monoisotopic (exact) mass is 267 g/mol. The fourth-order valence-electron chi connectivity index (χ4n) is 2.59. The maximum Gasteiger partial charge on any atom is 0.0172 e. The molecule has 0 fully saturated rings. The van der Waals surface area contributed by atoms with Crippen molar-refractivity contribution in [3.8, 4) is 0 Å². The molecule has 106 valence electrons. The highest BCUT2D eigenvalue weighted by Crippen LogP contribution is 2.28. The van der Waals surface area contributed by atoms with Gasteiger partial charge in [-0.25, -0.2) is 0 Å². The maximum atomic E-state index is 6.53. The van der Waals surface area contributed by atoms with Crippen LogP contribution in [0.5, 0.6) is 0 Å². The van der Waals surface area contributed by atoms with Crippen molar-refractivity contribution >= 4 is 0 Å². The van der Waals surface area contributed by atoms with Crippen LogP contribution in [0.4, 0.5) is 0 Å². The Labute approximate surface area is 122 Å². The van der Waals surface area contributed by atoms with Gasteiger partial charge in [0.15, 0.2) is 0 Å². The van der Waals surface area contributed by atoms with Crippen molar-refractivity contribution in [1.82, 2.24) is 0 Å². The first-order chi connectivity index (χ1) is 9.41. The molecule has 0 saturated heterocycles. The lowest BCUT2D eigenvalue weighted by Crippen LogP contribution is -2.42. The summed E-state index contributed by atoms with van der Waals surface area (Å²) in [6.07, 6.45) is 0.912. The Morgan fingerprint density at radius 2 is 1.65 bits per heavy atom. The molecule has 1 atom stereocenters. The molecule has 0 aromatic heterocycles. The first kappa shape index (κ1) is 14.8. The number of hydrogen-bond donors (Lipinski definition) is 1. The molecular formula is C19H25N. The predicted octanol–water partition coefficient (Wildman–Crippen LogP) is 4.15. The molecule has 0 aliphatic rings. The molecule has 0 radical (unpaired) electrons. The van der Waals surface area contributed by atoms with Crippen LogP contribution >= 0.6 is 0 Å². The summed E-state index contributed by atoms with van der Waals surface area (Å²) in [5, 5.41) is 0. The van der Waals surface area contributed by atoms with E-state index in [2.05, 4.69) is 76.2 Å². The van der Waals surface area contributed by atoms with Crippen LogP contribution in [-0.2, 0) is 11.8 Å². The highest BCUT2D eigenvalue weighted by molar-refractivity contribution is 5.33. The zero-order chi connectivity index (χ0) is 14.8. The van der Waals surface area contributed by atoms with Crippen LogP contribution in [0.25, 0.3) is 0 Å². The Morgan fingerprint density at radius 3 is 2.30 bits per heavy atom. The smallest absolute Gasteiger partial charge is 0.0172 e. The van der Waals surface area contributed by atoms with Gasteiger partial charge in [-0.3, -0.25) is 0 Å². The second-order valence-electron chi connectivity index (χ2n) is 6.33. The van der Waals surface area contributed by atoms with E-state index in [0.717, 1.165) is 6.42 Å². The van der Waals surface area contributed by atoms with Crippen molar-refractivity contribution in [1.29, 1.82) is 0 Å². The topological polar surface area (TPSA) is 26.0 Å². The van der Waals surface area contributed by atoms with Gasteiger partial charge in [0.05, 0.1) is 0 Å². The Hall–Kier alpha value is -1.60. The van der Waals surface area contributed by atoms with Gasteiger partial charge in [-0.1, -0.05) is 67.9 Å². The quantitative estimate of drug-likeness (QED) is 0.884. The van der Waals surface area contributed by atoms with Gasteiger partial charge in [-0.2, -0.15) is 0 Å². The molecule has 0 spiro atoms. The molecule has 0 amide bonds. The Morgan fingerprint density at radius 1 is 1.00 bits per heavy atom. The number of benzene rings is 2. The normalized spacial score (nSPS) is 13.2. The van der Waals surface area contributed by atoms with E-state index in [1.165, 1.54) is 22.3 Å². The van der Waals surface area contributed by atoms with Crippen LogP contribution in [0.3, 0.4) is 0 Å². The van der Waals surface area contributed by atoms with Crippen LogP contribution in [0.15, 0.2) is 48.5 Å². The van der Waals surface area contributed by atoms with Crippen LogP contribution in [0.1, 0.15) is 36.1 Å². The summed E-state index contributed by atoms with van der Waals surface area (Å²) in [6, 6.07) is 17.3. The van der Waals surface area contributed by atoms with E-state index in [0.29, 0.717) is 0 Å². The lowest BCUT2D eigenvalue weighted by atomic mass is 9.75. The van der Waals surface area contributed by atoms with Crippen LogP contribution in [-0.4, -0.2) is 6.04 Å². The van der Waals surface area contributed by atoms with Crippen molar-refractivity contribution in [2.75, 3.05) is 0 Å². The summed E-state index contributed by atoms with van der Waals surface area (Å²) in [4.78, 5) is 0. The standard InChI is InChI=1S/C19H25N/c1-14-10-11-15(2)16(12-14)13-18(20)19(3,4)17-8-6-5-7-9-17/h5-12,18H,13,20H2,1-4H3. The van der Waals surface area contributed by atoms with E-state index in [1.54, 1.807) is 0 Å². The van der Waals surface area contributed by atoms with Crippen LogP contribution < -0.4 is 5.73 Å². The minimum Gasteiger partial charge on any atom is -0.327 e. The summed E-state index contributed by atoms with van der Waals surface area (Å²) in [6.45, 7) is 8.77. The Bertz CT molecular complexity index is 570. The molecule has 0 saturated carbocycles. The van der Waals surface area contributed by atoms with Gasteiger partial charge >= 0.3 is 0 Å². The molecule has 0 aliphatic carbocycles. The number of hydrogen-bond acceptors (Lipinski definition) is 1. The van der Waals surface area contributed by atoms with E-state index in [-0.39, 0.29) is 11.5 Å². The lowest BCUT2D eigenvalue weighted by Gasteiger charge is -2.33. The minimum atomic E-state index is -0.0303. The molecule has 2 N–H and O–H groups in total. The van der Waals surface area contributed by atoms with Gasteiger partial charge in [0.2, 0.25) is 0 Å².